The first kappa shape index (κ1) is 31.1. The van der Waals surface area contributed by atoms with Gasteiger partial charge in [-0.1, -0.05) is 98.3 Å². The molecule has 3 nitrogen and oxygen atoms in total. The van der Waals surface area contributed by atoms with Crippen molar-refractivity contribution < 1.29 is 24.5 Å². The number of hydrogen-bond donors (Lipinski definition) is 0. The van der Waals surface area contributed by atoms with Crippen LogP contribution < -0.4 is 15.6 Å². The van der Waals surface area contributed by atoms with Crippen LogP contribution >= 0.6 is 0 Å². The number of pyridine rings is 2. The topological polar surface area (TPSA) is 38.9 Å². The van der Waals surface area contributed by atoms with Crippen molar-refractivity contribution in [3.05, 3.63) is 128 Å². The molecule has 1 radical (unpaired) electrons. The van der Waals surface area contributed by atoms with Crippen LogP contribution in [-0.2, 0) is 20.1 Å². The van der Waals surface area contributed by atoms with Crippen LogP contribution in [0.25, 0.3) is 55.6 Å². The zero-order valence-corrected chi connectivity index (χ0v) is 30.5. The molecule has 0 bridgehead atoms. The quantitative estimate of drug-likeness (QED) is 0.134. The summed E-state index contributed by atoms with van der Waals surface area (Å²) in [7, 11) is -2.93. The van der Waals surface area contributed by atoms with Crippen molar-refractivity contribution in [2.45, 2.75) is 32.7 Å². The molecule has 0 atom stereocenters. The van der Waals surface area contributed by atoms with Crippen LogP contribution in [0.3, 0.4) is 0 Å². The maximum atomic E-state index is 6.39. The molecule has 0 spiro atoms. The molecule has 0 unspecified atom stereocenters. The summed E-state index contributed by atoms with van der Waals surface area (Å²) < 4.78 is 6.39. The summed E-state index contributed by atoms with van der Waals surface area (Å²) in [5, 5.41) is 6.74. The van der Waals surface area contributed by atoms with Gasteiger partial charge < -0.3 is 14.4 Å². The van der Waals surface area contributed by atoms with Gasteiger partial charge >= 0.3 is 0 Å². The summed E-state index contributed by atoms with van der Waals surface area (Å²) in [6, 6.07) is 42.2. The van der Waals surface area contributed by atoms with E-state index < -0.39 is 16.1 Å². The fourth-order valence-corrected chi connectivity index (χ4v) is 10.3. The predicted molar refractivity (Wildman–Crippen MR) is 189 cm³/mol. The predicted octanol–water partition coefficient (Wildman–Crippen LogP) is 8.34. The molecule has 225 valence electrons. The van der Waals surface area contributed by atoms with E-state index in [1.807, 2.05) is 60.9 Å². The zero-order valence-electron chi connectivity index (χ0n) is 26.1. The first-order chi connectivity index (χ1) is 21.2. The molecular formula is C39H34IrN2OSi2-2. The van der Waals surface area contributed by atoms with E-state index in [0.29, 0.717) is 0 Å². The maximum Gasteiger partial charge on any atom is 0.121 e. The van der Waals surface area contributed by atoms with E-state index in [2.05, 4.69) is 109 Å². The Balaban J connectivity index is 0.000000181. The van der Waals surface area contributed by atoms with E-state index in [-0.39, 0.29) is 20.1 Å². The number of benzene rings is 4. The fraction of sp³-hybridized carbons (Fsp3) is 0.128. The molecule has 4 heterocycles. The smallest absolute Gasteiger partial charge is 0.121 e. The van der Waals surface area contributed by atoms with E-state index >= 15 is 0 Å². The molecule has 3 aromatic heterocycles. The number of hydrogen-bond acceptors (Lipinski definition) is 3. The summed E-state index contributed by atoms with van der Waals surface area (Å²) in [6.07, 6.45) is 3.83. The van der Waals surface area contributed by atoms with Crippen molar-refractivity contribution in [1.29, 1.82) is 0 Å². The fourth-order valence-electron chi connectivity index (χ4n) is 6.19. The molecule has 6 heteroatoms. The van der Waals surface area contributed by atoms with Gasteiger partial charge in [0.25, 0.3) is 0 Å². The van der Waals surface area contributed by atoms with Crippen molar-refractivity contribution in [3.8, 4) is 33.6 Å². The third kappa shape index (κ3) is 5.68. The van der Waals surface area contributed by atoms with Gasteiger partial charge in [-0.05, 0) is 50.2 Å². The molecule has 8 rings (SSSR count). The Morgan fingerprint density at radius 1 is 0.689 bits per heavy atom. The van der Waals surface area contributed by atoms with Gasteiger partial charge in [0.2, 0.25) is 0 Å². The summed E-state index contributed by atoms with van der Waals surface area (Å²) >= 11 is 0. The molecule has 0 N–H and O–H groups in total. The molecular weight excluding hydrogens is 761 g/mol. The largest absolute Gasteiger partial charge is 0.501 e. The standard InChI is InChI=1S/C25H18NOSi.C14H16NSi.Ir/c1-28(2)23-12-4-3-8-16(23)20-14-22-19(15-24(20)28)17-9-7-10-18(25(17)27-22)21-11-5-6-13-26-21;1-16(2,3)13-9-10-14(15-11-13)12-7-5-4-6-8-12;/h3-9,11-15H,1-2H3;4-7,9-11H,1-3H3;/q2*-1;. The van der Waals surface area contributed by atoms with Crippen LogP contribution in [0.4, 0.5) is 0 Å². The van der Waals surface area contributed by atoms with E-state index in [4.69, 9.17) is 4.42 Å². The van der Waals surface area contributed by atoms with Crippen LogP contribution in [0.5, 0.6) is 0 Å². The maximum absolute atomic E-state index is 6.39. The minimum absolute atomic E-state index is 0. The third-order valence-corrected chi connectivity index (χ3v) is 14.2. The van der Waals surface area contributed by atoms with E-state index in [1.54, 1.807) is 0 Å². The van der Waals surface area contributed by atoms with E-state index in [9.17, 15) is 0 Å². The van der Waals surface area contributed by atoms with Crippen LogP contribution in [-0.4, -0.2) is 26.1 Å². The number of nitrogens with zero attached hydrogens (tertiary/aromatic N) is 2. The molecule has 0 saturated carbocycles. The number of fused-ring (bicyclic) bond motifs is 6. The Labute approximate surface area is 280 Å². The second-order valence-electron chi connectivity index (χ2n) is 12.9. The third-order valence-electron chi connectivity index (χ3n) is 8.67. The van der Waals surface area contributed by atoms with Crippen LogP contribution in [0.15, 0.2) is 120 Å². The molecule has 0 aliphatic carbocycles. The van der Waals surface area contributed by atoms with Gasteiger partial charge in [-0.15, -0.1) is 54.1 Å². The van der Waals surface area contributed by atoms with Crippen LogP contribution in [0.2, 0.25) is 32.7 Å². The van der Waals surface area contributed by atoms with E-state index in [1.165, 1.54) is 32.1 Å². The molecule has 4 aromatic carbocycles. The van der Waals surface area contributed by atoms with Crippen molar-refractivity contribution in [2.75, 3.05) is 0 Å². The minimum atomic E-state index is -1.70. The summed E-state index contributed by atoms with van der Waals surface area (Å²) in [5.74, 6) is 0. The second-order valence-corrected chi connectivity index (χ2v) is 22.3. The van der Waals surface area contributed by atoms with Crippen molar-refractivity contribution in [2.24, 2.45) is 0 Å². The molecule has 7 aromatic rings. The van der Waals surface area contributed by atoms with Crippen molar-refractivity contribution in [1.82, 2.24) is 9.97 Å². The Morgan fingerprint density at radius 2 is 1.49 bits per heavy atom. The normalized spacial score (nSPS) is 13.0. The van der Waals surface area contributed by atoms with Gasteiger partial charge in [0, 0.05) is 37.9 Å². The first-order valence-corrected chi connectivity index (χ1v) is 21.6. The van der Waals surface area contributed by atoms with Gasteiger partial charge in [-0.2, -0.15) is 0 Å². The number of aromatic nitrogens is 2. The Hall–Kier alpha value is -3.94. The first-order valence-electron chi connectivity index (χ1n) is 15.1. The minimum Gasteiger partial charge on any atom is -0.501 e. The molecule has 0 saturated heterocycles. The van der Waals surface area contributed by atoms with Gasteiger partial charge in [0.05, 0.1) is 13.7 Å². The average Bonchev–Trinajstić information content (AvgIpc) is 3.53. The molecule has 0 fully saturated rings. The van der Waals surface area contributed by atoms with Gasteiger partial charge in [0.1, 0.15) is 13.7 Å². The van der Waals surface area contributed by atoms with Crippen LogP contribution in [0, 0.1) is 12.1 Å². The average molecular weight is 795 g/mol. The van der Waals surface area contributed by atoms with Gasteiger partial charge in [0.15, 0.2) is 0 Å². The van der Waals surface area contributed by atoms with Gasteiger partial charge in [-0.25, -0.2) is 0 Å². The Bertz CT molecular complexity index is 2120. The zero-order chi connectivity index (χ0) is 30.5. The number of rotatable bonds is 3. The SMILES string of the molecule is C[Si](C)(C)c1ccc(-c2[c-]cccc2)nc1.C[Si]1(C)c2ccccc2-c2cc3oc4c(-c5ccccn5)[c-]ccc4c3cc21.[Ir]. The Morgan fingerprint density at radius 3 is 2.20 bits per heavy atom. The Kier molecular flexibility index (Phi) is 8.36. The summed E-state index contributed by atoms with van der Waals surface area (Å²) in [6.45, 7) is 11.9. The van der Waals surface area contributed by atoms with Gasteiger partial charge in [-0.3, -0.25) is 0 Å². The summed E-state index contributed by atoms with van der Waals surface area (Å²) in [4.78, 5) is 9.02. The van der Waals surface area contributed by atoms with Crippen molar-refractivity contribution >= 4 is 53.6 Å². The number of furan rings is 1. The van der Waals surface area contributed by atoms with Crippen LogP contribution in [0.1, 0.15) is 0 Å². The van der Waals surface area contributed by atoms with Crippen molar-refractivity contribution in [3.63, 3.8) is 0 Å². The molecule has 0 amide bonds. The summed E-state index contributed by atoms with van der Waals surface area (Å²) in [5.41, 5.74) is 8.38. The monoisotopic (exact) mass is 795 g/mol. The second kappa shape index (κ2) is 12.1. The molecule has 1 aliphatic rings. The molecule has 1 aliphatic heterocycles. The van der Waals surface area contributed by atoms with E-state index in [0.717, 1.165) is 39.1 Å². The molecule has 45 heavy (non-hydrogen) atoms.